The molecule has 0 spiro atoms. The Morgan fingerprint density at radius 1 is 0.968 bits per heavy atom. The van der Waals surface area contributed by atoms with Gasteiger partial charge < -0.3 is 10.2 Å². The van der Waals surface area contributed by atoms with Crippen LogP contribution in [0.15, 0.2) is 60.8 Å². The number of para-hydroxylation sites is 1. The zero-order valence-electron chi connectivity index (χ0n) is 16.7. The molecule has 9 heteroatoms. The Balaban J connectivity index is 1.68. The molecule has 1 N–H and O–H groups in total. The molecule has 1 aliphatic heterocycles. The van der Waals surface area contributed by atoms with Gasteiger partial charge in [-0.15, -0.1) is 0 Å². The lowest BCUT2D eigenvalue weighted by atomic mass is 10.1. The molecule has 2 heterocycles. The summed E-state index contributed by atoms with van der Waals surface area (Å²) < 4.78 is 1.51. The number of likely N-dealkylation sites (tertiary alicyclic amines) is 1. The van der Waals surface area contributed by atoms with Crippen molar-refractivity contribution in [3.05, 3.63) is 82.0 Å². The van der Waals surface area contributed by atoms with E-state index in [2.05, 4.69) is 10.4 Å². The van der Waals surface area contributed by atoms with Crippen LogP contribution < -0.4 is 5.32 Å². The van der Waals surface area contributed by atoms with Crippen LogP contribution in [0.25, 0.3) is 5.69 Å². The topological polar surface area (TPSA) is 110 Å². The predicted molar refractivity (Wildman–Crippen MR) is 114 cm³/mol. The largest absolute Gasteiger partial charge is 0.338 e. The van der Waals surface area contributed by atoms with Crippen LogP contribution in [0.4, 0.5) is 11.5 Å². The third kappa shape index (κ3) is 4.30. The van der Waals surface area contributed by atoms with Crippen LogP contribution in [0, 0.1) is 10.1 Å². The first-order chi connectivity index (χ1) is 15.0. The Morgan fingerprint density at radius 2 is 1.65 bits per heavy atom. The van der Waals surface area contributed by atoms with E-state index >= 15 is 0 Å². The molecule has 0 aliphatic carbocycles. The van der Waals surface area contributed by atoms with Crippen molar-refractivity contribution in [3.63, 3.8) is 0 Å². The van der Waals surface area contributed by atoms with E-state index in [-0.39, 0.29) is 23.0 Å². The standard InChI is InChI=1S/C22H21N5O4/c28-21(16-9-11-18(12-10-16)27(30)31)24-20-19(22(29)25-13-5-2-6-14-25)15-23-26(20)17-7-3-1-4-8-17/h1,3-4,7-12,15H,2,5-6,13-14H2,(H,24,28). The zero-order chi connectivity index (χ0) is 21.8. The summed E-state index contributed by atoms with van der Waals surface area (Å²) in [5, 5.41) is 18.0. The number of anilines is 1. The summed E-state index contributed by atoms with van der Waals surface area (Å²) in [5.74, 6) is -0.397. The maximum atomic E-state index is 13.1. The summed E-state index contributed by atoms with van der Waals surface area (Å²) in [7, 11) is 0. The summed E-state index contributed by atoms with van der Waals surface area (Å²) in [4.78, 5) is 38.1. The SMILES string of the molecule is O=C(Nc1c(C(=O)N2CCCCC2)cnn1-c1ccccc1)c1ccc([N+](=O)[O-])cc1. The summed E-state index contributed by atoms with van der Waals surface area (Å²) in [6, 6.07) is 14.5. The number of benzene rings is 2. The number of piperidine rings is 1. The van der Waals surface area contributed by atoms with Gasteiger partial charge in [0.15, 0.2) is 0 Å². The number of non-ortho nitro benzene ring substituents is 1. The first-order valence-electron chi connectivity index (χ1n) is 10.0. The minimum absolute atomic E-state index is 0.105. The Kier molecular flexibility index (Phi) is 5.74. The molecule has 1 saturated heterocycles. The third-order valence-electron chi connectivity index (χ3n) is 5.22. The smallest absolute Gasteiger partial charge is 0.269 e. The van der Waals surface area contributed by atoms with Gasteiger partial charge in [-0.1, -0.05) is 18.2 Å². The Labute approximate surface area is 178 Å². The molecule has 1 aliphatic rings. The highest BCUT2D eigenvalue weighted by atomic mass is 16.6. The van der Waals surface area contributed by atoms with E-state index in [9.17, 15) is 19.7 Å². The van der Waals surface area contributed by atoms with E-state index in [1.54, 1.807) is 4.90 Å². The number of amides is 2. The molecule has 0 unspecified atom stereocenters. The average Bonchev–Trinajstić information content (AvgIpc) is 3.23. The normalized spacial score (nSPS) is 13.6. The summed E-state index contributed by atoms with van der Waals surface area (Å²) in [6.07, 6.45) is 4.46. The molecule has 1 aromatic heterocycles. The van der Waals surface area contributed by atoms with Crippen LogP contribution in [0.3, 0.4) is 0 Å². The molecule has 2 amide bonds. The molecule has 2 aromatic carbocycles. The van der Waals surface area contributed by atoms with Crippen molar-refractivity contribution in [2.24, 2.45) is 0 Å². The van der Waals surface area contributed by atoms with Crippen LogP contribution in [-0.2, 0) is 0 Å². The fraction of sp³-hybridized carbons (Fsp3) is 0.227. The Hall–Kier alpha value is -4.01. The Bertz CT molecular complexity index is 1100. The lowest BCUT2D eigenvalue weighted by molar-refractivity contribution is -0.384. The highest BCUT2D eigenvalue weighted by Gasteiger charge is 2.26. The highest BCUT2D eigenvalue weighted by molar-refractivity contribution is 6.08. The molecular formula is C22H21N5O4. The summed E-state index contributed by atoms with van der Waals surface area (Å²) >= 11 is 0. The number of hydrogen-bond acceptors (Lipinski definition) is 5. The molecule has 158 valence electrons. The lowest BCUT2D eigenvalue weighted by Crippen LogP contribution is -2.36. The quantitative estimate of drug-likeness (QED) is 0.501. The highest BCUT2D eigenvalue weighted by Crippen LogP contribution is 2.24. The molecule has 0 saturated carbocycles. The van der Waals surface area contributed by atoms with Crippen molar-refractivity contribution in [1.82, 2.24) is 14.7 Å². The van der Waals surface area contributed by atoms with E-state index in [1.165, 1.54) is 35.1 Å². The number of nitrogens with one attached hydrogen (secondary N) is 1. The van der Waals surface area contributed by atoms with E-state index in [4.69, 9.17) is 0 Å². The van der Waals surface area contributed by atoms with Crippen LogP contribution in [-0.4, -0.2) is 44.5 Å². The molecule has 0 atom stereocenters. The summed E-state index contributed by atoms with van der Waals surface area (Å²) in [6.45, 7) is 1.34. The second kappa shape index (κ2) is 8.78. The molecule has 4 rings (SSSR count). The number of rotatable bonds is 5. The Morgan fingerprint density at radius 3 is 2.29 bits per heavy atom. The molecule has 3 aromatic rings. The molecule has 1 fully saturated rings. The van der Waals surface area contributed by atoms with Gasteiger partial charge >= 0.3 is 0 Å². The fourth-order valence-electron chi connectivity index (χ4n) is 3.57. The molecule has 0 radical (unpaired) electrons. The molecule has 0 bridgehead atoms. The van der Waals surface area contributed by atoms with E-state index in [1.807, 2.05) is 30.3 Å². The first-order valence-corrected chi connectivity index (χ1v) is 10.0. The van der Waals surface area contributed by atoms with Gasteiger partial charge in [0.25, 0.3) is 17.5 Å². The van der Waals surface area contributed by atoms with Crippen molar-refractivity contribution in [2.45, 2.75) is 19.3 Å². The number of aromatic nitrogens is 2. The van der Waals surface area contributed by atoms with E-state index < -0.39 is 10.8 Å². The van der Waals surface area contributed by atoms with E-state index in [0.29, 0.717) is 24.3 Å². The van der Waals surface area contributed by atoms with Gasteiger partial charge in [0, 0.05) is 30.8 Å². The van der Waals surface area contributed by atoms with Gasteiger partial charge in [-0.05, 0) is 43.5 Å². The molecule has 31 heavy (non-hydrogen) atoms. The maximum Gasteiger partial charge on any atom is 0.269 e. The van der Waals surface area contributed by atoms with Crippen LogP contribution >= 0.6 is 0 Å². The second-order valence-corrected chi connectivity index (χ2v) is 7.27. The third-order valence-corrected chi connectivity index (χ3v) is 5.22. The van der Waals surface area contributed by atoms with Crippen LogP contribution in [0.1, 0.15) is 40.0 Å². The maximum absolute atomic E-state index is 13.1. The van der Waals surface area contributed by atoms with Gasteiger partial charge in [0.2, 0.25) is 0 Å². The van der Waals surface area contributed by atoms with E-state index in [0.717, 1.165) is 19.3 Å². The number of hydrogen-bond donors (Lipinski definition) is 1. The lowest BCUT2D eigenvalue weighted by Gasteiger charge is -2.26. The van der Waals surface area contributed by atoms with Crippen molar-refractivity contribution in [2.75, 3.05) is 18.4 Å². The van der Waals surface area contributed by atoms with Crippen molar-refractivity contribution in [1.29, 1.82) is 0 Å². The van der Waals surface area contributed by atoms with Gasteiger partial charge in [0.1, 0.15) is 11.4 Å². The number of nitro benzene ring substituents is 1. The number of nitrogens with zero attached hydrogens (tertiary/aromatic N) is 4. The van der Waals surface area contributed by atoms with Gasteiger partial charge in [0.05, 0.1) is 16.8 Å². The second-order valence-electron chi connectivity index (χ2n) is 7.27. The van der Waals surface area contributed by atoms with Crippen LogP contribution in [0.5, 0.6) is 0 Å². The fourth-order valence-corrected chi connectivity index (χ4v) is 3.57. The number of carbonyl (C=O) groups excluding carboxylic acids is 2. The zero-order valence-corrected chi connectivity index (χ0v) is 16.7. The summed E-state index contributed by atoms with van der Waals surface area (Å²) in [5.41, 5.74) is 1.13. The van der Waals surface area contributed by atoms with Gasteiger partial charge in [-0.2, -0.15) is 5.10 Å². The van der Waals surface area contributed by atoms with Crippen LogP contribution in [0.2, 0.25) is 0 Å². The number of nitro groups is 1. The molecular weight excluding hydrogens is 398 g/mol. The first kappa shape index (κ1) is 20.3. The van der Waals surface area contributed by atoms with Crippen molar-refractivity contribution in [3.8, 4) is 5.69 Å². The monoisotopic (exact) mass is 419 g/mol. The minimum atomic E-state index is -0.526. The van der Waals surface area contributed by atoms with Gasteiger partial charge in [-0.3, -0.25) is 19.7 Å². The minimum Gasteiger partial charge on any atom is -0.338 e. The van der Waals surface area contributed by atoms with Gasteiger partial charge in [-0.25, -0.2) is 4.68 Å². The predicted octanol–water partition coefficient (Wildman–Crippen LogP) is 3.66. The van der Waals surface area contributed by atoms with Crippen molar-refractivity contribution < 1.29 is 14.5 Å². The number of carbonyl (C=O) groups is 2. The van der Waals surface area contributed by atoms with Crippen molar-refractivity contribution >= 4 is 23.3 Å². The average molecular weight is 419 g/mol. The molecule has 9 nitrogen and oxygen atoms in total.